The van der Waals surface area contributed by atoms with Gasteiger partial charge in [-0.05, 0) is 23.8 Å². The molecular formula is C13H11ClN4. The van der Waals surface area contributed by atoms with Crippen LogP contribution in [0.4, 0.5) is 0 Å². The van der Waals surface area contributed by atoms with Crippen LogP contribution >= 0.6 is 11.6 Å². The Bertz CT molecular complexity index is 625. The minimum Gasteiger partial charge on any atom is -0.321 e. The van der Waals surface area contributed by atoms with E-state index in [1.165, 1.54) is 0 Å². The second kappa shape index (κ2) is 4.66. The number of rotatable bonds is 3. The fourth-order valence-electron chi connectivity index (χ4n) is 1.77. The van der Waals surface area contributed by atoms with Gasteiger partial charge in [-0.3, -0.25) is 4.68 Å². The molecule has 0 aliphatic carbocycles. The molecule has 3 rings (SSSR count). The largest absolute Gasteiger partial charge is 0.321 e. The fourth-order valence-corrected chi connectivity index (χ4v) is 1.88. The SMILES string of the molecule is Clc1ccc(Cn2cc(-n3cccc3)cn2)cn1. The lowest BCUT2D eigenvalue weighted by Gasteiger charge is -2.01. The first-order valence-corrected chi connectivity index (χ1v) is 5.95. The maximum Gasteiger partial charge on any atom is 0.129 e. The van der Waals surface area contributed by atoms with Crippen molar-refractivity contribution in [2.75, 3.05) is 0 Å². The molecule has 4 nitrogen and oxygen atoms in total. The highest BCUT2D eigenvalue weighted by Gasteiger charge is 2.01. The predicted octanol–water partition coefficient (Wildman–Crippen LogP) is 2.77. The second-order valence-corrected chi connectivity index (χ2v) is 4.36. The molecule has 0 spiro atoms. The Morgan fingerprint density at radius 2 is 1.94 bits per heavy atom. The standard InChI is InChI=1S/C13H11ClN4/c14-13-4-3-11(7-15-13)9-18-10-12(8-16-18)17-5-1-2-6-17/h1-8,10H,9H2. The van der Waals surface area contributed by atoms with E-state index in [0.717, 1.165) is 11.3 Å². The predicted molar refractivity (Wildman–Crippen MR) is 69.9 cm³/mol. The maximum absolute atomic E-state index is 5.75. The Hall–Kier alpha value is -2.07. The van der Waals surface area contributed by atoms with E-state index >= 15 is 0 Å². The summed E-state index contributed by atoms with van der Waals surface area (Å²) in [5.74, 6) is 0. The molecule has 3 aromatic heterocycles. The monoisotopic (exact) mass is 258 g/mol. The van der Waals surface area contributed by atoms with Crippen LogP contribution in [0, 0.1) is 0 Å². The molecule has 0 fully saturated rings. The highest BCUT2D eigenvalue weighted by molar-refractivity contribution is 6.29. The first kappa shape index (κ1) is 11.0. The fraction of sp³-hybridized carbons (Fsp3) is 0.0769. The molecule has 5 heteroatoms. The van der Waals surface area contributed by atoms with Crippen molar-refractivity contribution in [1.29, 1.82) is 0 Å². The lowest BCUT2D eigenvalue weighted by Crippen LogP contribution is -2.00. The summed E-state index contributed by atoms with van der Waals surface area (Å²) in [5, 5.41) is 4.83. The van der Waals surface area contributed by atoms with Crippen molar-refractivity contribution in [2.24, 2.45) is 0 Å². The molecule has 90 valence electrons. The van der Waals surface area contributed by atoms with Crippen molar-refractivity contribution in [3.8, 4) is 5.69 Å². The summed E-state index contributed by atoms with van der Waals surface area (Å²) in [5.41, 5.74) is 2.11. The minimum atomic E-state index is 0.507. The Labute approximate surface area is 109 Å². The lowest BCUT2D eigenvalue weighted by molar-refractivity contribution is 0.684. The van der Waals surface area contributed by atoms with E-state index in [1.807, 2.05) is 52.2 Å². The number of pyridine rings is 1. The van der Waals surface area contributed by atoms with Crippen LogP contribution in [-0.4, -0.2) is 19.3 Å². The normalized spacial score (nSPS) is 10.7. The number of aromatic nitrogens is 4. The summed E-state index contributed by atoms with van der Waals surface area (Å²) in [4.78, 5) is 4.05. The van der Waals surface area contributed by atoms with Crippen molar-refractivity contribution >= 4 is 11.6 Å². The van der Waals surface area contributed by atoms with Crippen LogP contribution in [-0.2, 0) is 6.54 Å². The van der Waals surface area contributed by atoms with Gasteiger partial charge in [-0.1, -0.05) is 17.7 Å². The molecule has 0 unspecified atom stereocenters. The van der Waals surface area contributed by atoms with Crippen molar-refractivity contribution in [3.05, 3.63) is 66.0 Å². The average molecular weight is 259 g/mol. The third-order valence-corrected chi connectivity index (χ3v) is 2.88. The van der Waals surface area contributed by atoms with Crippen LogP contribution in [0.15, 0.2) is 55.2 Å². The topological polar surface area (TPSA) is 35.6 Å². The molecule has 0 aliphatic rings. The summed E-state index contributed by atoms with van der Waals surface area (Å²) >= 11 is 5.75. The van der Waals surface area contributed by atoms with E-state index < -0.39 is 0 Å². The van der Waals surface area contributed by atoms with Gasteiger partial charge in [-0.25, -0.2) is 4.98 Å². The van der Waals surface area contributed by atoms with E-state index in [9.17, 15) is 0 Å². The van der Waals surface area contributed by atoms with Crippen LogP contribution in [0.5, 0.6) is 0 Å². The van der Waals surface area contributed by atoms with Gasteiger partial charge in [0.15, 0.2) is 0 Å². The molecule has 0 aliphatic heterocycles. The molecule has 18 heavy (non-hydrogen) atoms. The van der Waals surface area contributed by atoms with Crippen molar-refractivity contribution in [3.63, 3.8) is 0 Å². The van der Waals surface area contributed by atoms with Gasteiger partial charge >= 0.3 is 0 Å². The Balaban J connectivity index is 1.80. The van der Waals surface area contributed by atoms with Gasteiger partial charge in [0.25, 0.3) is 0 Å². The van der Waals surface area contributed by atoms with Crippen LogP contribution in [0.25, 0.3) is 5.69 Å². The zero-order chi connectivity index (χ0) is 12.4. The van der Waals surface area contributed by atoms with Gasteiger partial charge in [0, 0.05) is 24.8 Å². The number of halogens is 1. The lowest BCUT2D eigenvalue weighted by atomic mass is 10.3. The van der Waals surface area contributed by atoms with Gasteiger partial charge < -0.3 is 4.57 Å². The van der Waals surface area contributed by atoms with Gasteiger partial charge in [0.2, 0.25) is 0 Å². The second-order valence-electron chi connectivity index (χ2n) is 3.98. The Morgan fingerprint density at radius 1 is 1.11 bits per heavy atom. The van der Waals surface area contributed by atoms with Crippen molar-refractivity contribution in [1.82, 2.24) is 19.3 Å². The Kier molecular flexibility index (Phi) is 2.86. The molecule has 3 aromatic rings. The molecule has 3 heterocycles. The van der Waals surface area contributed by atoms with Crippen LogP contribution in [0.1, 0.15) is 5.56 Å². The molecule has 0 saturated heterocycles. The molecule has 0 amide bonds. The van der Waals surface area contributed by atoms with E-state index in [-0.39, 0.29) is 0 Å². The van der Waals surface area contributed by atoms with Gasteiger partial charge in [-0.2, -0.15) is 5.10 Å². The summed E-state index contributed by atoms with van der Waals surface area (Å²) in [6, 6.07) is 7.71. The van der Waals surface area contributed by atoms with Crippen LogP contribution < -0.4 is 0 Å². The van der Waals surface area contributed by atoms with Gasteiger partial charge in [0.1, 0.15) is 5.15 Å². The van der Waals surface area contributed by atoms with Crippen LogP contribution in [0.2, 0.25) is 5.15 Å². The number of hydrogen-bond acceptors (Lipinski definition) is 2. The molecule has 0 saturated carbocycles. The van der Waals surface area contributed by atoms with E-state index in [1.54, 1.807) is 12.3 Å². The molecule has 0 atom stereocenters. The van der Waals surface area contributed by atoms with E-state index in [4.69, 9.17) is 11.6 Å². The van der Waals surface area contributed by atoms with Crippen molar-refractivity contribution < 1.29 is 0 Å². The quantitative estimate of drug-likeness (QED) is 0.677. The summed E-state index contributed by atoms with van der Waals surface area (Å²) in [6.07, 6.45) is 9.58. The third-order valence-electron chi connectivity index (χ3n) is 2.66. The highest BCUT2D eigenvalue weighted by Crippen LogP contribution is 2.09. The molecule has 0 bridgehead atoms. The minimum absolute atomic E-state index is 0.507. The van der Waals surface area contributed by atoms with Crippen molar-refractivity contribution in [2.45, 2.75) is 6.54 Å². The zero-order valence-electron chi connectivity index (χ0n) is 9.57. The number of hydrogen-bond donors (Lipinski definition) is 0. The average Bonchev–Trinajstić information content (AvgIpc) is 3.02. The molecule has 0 aromatic carbocycles. The zero-order valence-corrected chi connectivity index (χ0v) is 10.3. The smallest absolute Gasteiger partial charge is 0.129 e. The summed E-state index contributed by atoms with van der Waals surface area (Å²) in [6.45, 7) is 0.686. The molecular weight excluding hydrogens is 248 g/mol. The van der Waals surface area contributed by atoms with E-state index in [2.05, 4.69) is 10.1 Å². The number of nitrogens with zero attached hydrogens (tertiary/aromatic N) is 4. The van der Waals surface area contributed by atoms with Gasteiger partial charge in [-0.15, -0.1) is 0 Å². The van der Waals surface area contributed by atoms with Crippen LogP contribution in [0.3, 0.4) is 0 Å². The highest BCUT2D eigenvalue weighted by atomic mass is 35.5. The summed E-state index contributed by atoms with van der Waals surface area (Å²) < 4.78 is 3.89. The third kappa shape index (κ3) is 2.28. The Morgan fingerprint density at radius 3 is 2.67 bits per heavy atom. The molecule has 0 radical (unpaired) electrons. The van der Waals surface area contributed by atoms with Gasteiger partial charge in [0.05, 0.1) is 18.4 Å². The maximum atomic E-state index is 5.75. The van der Waals surface area contributed by atoms with E-state index in [0.29, 0.717) is 11.7 Å². The summed E-state index contributed by atoms with van der Waals surface area (Å²) in [7, 11) is 0. The molecule has 0 N–H and O–H groups in total. The first-order valence-electron chi connectivity index (χ1n) is 5.57. The first-order chi connectivity index (χ1) is 8.81.